The number of hydrogen-bond donors (Lipinski definition) is 2. The van der Waals surface area contributed by atoms with Crippen molar-refractivity contribution in [2.24, 2.45) is 5.73 Å². The fraction of sp³-hybridized carbons (Fsp3) is 0.364. The molecule has 0 saturated carbocycles. The van der Waals surface area contributed by atoms with Crippen molar-refractivity contribution in [2.45, 2.75) is 6.42 Å². The van der Waals surface area contributed by atoms with E-state index in [0.29, 0.717) is 19.6 Å². The molecule has 1 aromatic rings. The van der Waals surface area contributed by atoms with Crippen LogP contribution in [-0.2, 0) is 0 Å². The Morgan fingerprint density at radius 2 is 2.28 bits per heavy atom. The van der Waals surface area contributed by atoms with Crippen molar-refractivity contribution in [1.29, 1.82) is 0 Å². The Balaban J connectivity index is 2.97. The van der Waals surface area contributed by atoms with Crippen molar-refractivity contribution < 1.29 is 14.5 Å². The first-order valence-electron chi connectivity index (χ1n) is 5.43. The molecule has 0 spiro atoms. The molecule has 0 fully saturated rings. The molecule has 0 aliphatic rings. The van der Waals surface area contributed by atoms with Crippen LogP contribution in [0.1, 0.15) is 16.8 Å². The second-order valence-electron chi connectivity index (χ2n) is 3.51. The van der Waals surface area contributed by atoms with Crippen molar-refractivity contribution in [2.75, 3.05) is 20.2 Å². The number of nitro benzene ring substituents is 1. The zero-order valence-electron chi connectivity index (χ0n) is 10.0. The Morgan fingerprint density at radius 3 is 2.83 bits per heavy atom. The highest BCUT2D eigenvalue weighted by atomic mass is 16.6. The Morgan fingerprint density at radius 1 is 1.56 bits per heavy atom. The number of rotatable bonds is 6. The molecular formula is C11H15N3O4. The van der Waals surface area contributed by atoms with Gasteiger partial charge in [0.15, 0.2) is 5.75 Å². The van der Waals surface area contributed by atoms with Crippen LogP contribution in [0.2, 0.25) is 0 Å². The third kappa shape index (κ3) is 3.42. The molecule has 3 N–H and O–H groups in total. The zero-order chi connectivity index (χ0) is 13.5. The van der Waals surface area contributed by atoms with E-state index in [9.17, 15) is 14.9 Å². The summed E-state index contributed by atoms with van der Waals surface area (Å²) in [6.45, 7) is 0.751. The van der Waals surface area contributed by atoms with E-state index in [2.05, 4.69) is 5.32 Å². The number of nitrogens with zero attached hydrogens (tertiary/aromatic N) is 1. The quantitative estimate of drug-likeness (QED) is 0.440. The van der Waals surface area contributed by atoms with Gasteiger partial charge < -0.3 is 15.8 Å². The summed E-state index contributed by atoms with van der Waals surface area (Å²) in [5.41, 5.74) is 5.29. The standard InChI is InChI=1S/C11H15N3O4/c1-13-11(15)8-3-4-10(18-6-2-5-12)9(7-8)14(16)17/h3-4,7H,2,5-6,12H2,1H3,(H,13,15). The Kier molecular flexibility index (Phi) is 5.06. The number of carbonyl (C=O) groups is 1. The van der Waals surface area contributed by atoms with Crippen molar-refractivity contribution in [3.8, 4) is 5.75 Å². The summed E-state index contributed by atoms with van der Waals surface area (Å²) >= 11 is 0. The molecule has 0 saturated heterocycles. The van der Waals surface area contributed by atoms with E-state index >= 15 is 0 Å². The molecule has 0 unspecified atom stereocenters. The molecule has 7 nitrogen and oxygen atoms in total. The average Bonchev–Trinajstić information content (AvgIpc) is 2.38. The number of ether oxygens (including phenoxy) is 1. The maximum absolute atomic E-state index is 11.4. The average molecular weight is 253 g/mol. The summed E-state index contributed by atoms with van der Waals surface area (Å²) in [6.07, 6.45) is 0.606. The monoisotopic (exact) mass is 253 g/mol. The van der Waals surface area contributed by atoms with Crippen LogP contribution in [0.25, 0.3) is 0 Å². The summed E-state index contributed by atoms with van der Waals surface area (Å²) in [4.78, 5) is 21.7. The van der Waals surface area contributed by atoms with Gasteiger partial charge in [-0.2, -0.15) is 0 Å². The minimum absolute atomic E-state index is 0.140. The predicted octanol–water partition coefficient (Wildman–Crippen LogP) is 0.682. The normalized spacial score (nSPS) is 9.89. The fourth-order valence-electron chi connectivity index (χ4n) is 1.33. The van der Waals surface area contributed by atoms with E-state index in [1.54, 1.807) is 0 Å². The summed E-state index contributed by atoms with van der Waals surface area (Å²) in [5.74, 6) is -0.243. The summed E-state index contributed by atoms with van der Waals surface area (Å²) in [7, 11) is 1.46. The van der Waals surface area contributed by atoms with E-state index in [-0.39, 0.29) is 22.9 Å². The third-order valence-corrected chi connectivity index (χ3v) is 2.25. The van der Waals surface area contributed by atoms with Gasteiger partial charge in [-0.1, -0.05) is 0 Å². The number of nitrogens with one attached hydrogen (secondary N) is 1. The smallest absolute Gasteiger partial charge is 0.311 e. The van der Waals surface area contributed by atoms with Crippen LogP contribution < -0.4 is 15.8 Å². The number of nitrogens with two attached hydrogens (primary N) is 1. The number of benzene rings is 1. The van der Waals surface area contributed by atoms with Gasteiger partial charge in [-0.05, 0) is 25.1 Å². The highest BCUT2D eigenvalue weighted by Crippen LogP contribution is 2.28. The first-order valence-corrected chi connectivity index (χ1v) is 5.43. The van der Waals surface area contributed by atoms with Crippen LogP contribution in [0.15, 0.2) is 18.2 Å². The Bertz CT molecular complexity index is 448. The zero-order valence-corrected chi connectivity index (χ0v) is 10.0. The minimum Gasteiger partial charge on any atom is -0.487 e. The Hall–Kier alpha value is -2.15. The molecular weight excluding hydrogens is 238 g/mol. The molecule has 0 aromatic heterocycles. The maximum atomic E-state index is 11.4. The van der Waals surface area contributed by atoms with Gasteiger partial charge in [0, 0.05) is 18.7 Å². The SMILES string of the molecule is CNC(=O)c1ccc(OCCCN)c([N+](=O)[O-])c1. The third-order valence-electron chi connectivity index (χ3n) is 2.25. The van der Waals surface area contributed by atoms with E-state index in [1.807, 2.05) is 0 Å². The molecule has 1 rings (SSSR count). The van der Waals surface area contributed by atoms with Crippen molar-refractivity contribution >= 4 is 11.6 Å². The van der Waals surface area contributed by atoms with E-state index in [4.69, 9.17) is 10.5 Å². The first kappa shape index (κ1) is 13.9. The summed E-state index contributed by atoms with van der Waals surface area (Å²) in [5, 5.41) is 13.3. The second-order valence-corrected chi connectivity index (χ2v) is 3.51. The molecule has 7 heteroatoms. The molecule has 0 heterocycles. The molecule has 0 radical (unpaired) electrons. The molecule has 1 amide bonds. The molecule has 0 aliphatic heterocycles. The predicted molar refractivity (Wildman–Crippen MR) is 65.7 cm³/mol. The van der Waals surface area contributed by atoms with Crippen LogP contribution >= 0.6 is 0 Å². The highest BCUT2D eigenvalue weighted by molar-refractivity contribution is 5.94. The molecule has 0 bridgehead atoms. The van der Waals surface area contributed by atoms with Gasteiger partial charge in [0.1, 0.15) is 0 Å². The van der Waals surface area contributed by atoms with Gasteiger partial charge in [0.2, 0.25) is 0 Å². The lowest BCUT2D eigenvalue weighted by Gasteiger charge is -2.07. The number of amides is 1. The van der Waals surface area contributed by atoms with Gasteiger partial charge in [0.05, 0.1) is 11.5 Å². The lowest BCUT2D eigenvalue weighted by molar-refractivity contribution is -0.385. The lowest BCUT2D eigenvalue weighted by atomic mass is 10.2. The summed E-state index contributed by atoms with van der Waals surface area (Å²) < 4.78 is 5.25. The first-order chi connectivity index (χ1) is 8.60. The van der Waals surface area contributed by atoms with Gasteiger partial charge in [-0.25, -0.2) is 0 Å². The van der Waals surface area contributed by atoms with Crippen molar-refractivity contribution in [1.82, 2.24) is 5.32 Å². The van der Waals surface area contributed by atoms with E-state index < -0.39 is 4.92 Å². The number of nitro groups is 1. The van der Waals surface area contributed by atoms with E-state index in [1.165, 1.54) is 25.2 Å². The number of hydrogen-bond acceptors (Lipinski definition) is 5. The van der Waals surface area contributed by atoms with Crippen molar-refractivity contribution in [3.63, 3.8) is 0 Å². The van der Waals surface area contributed by atoms with Crippen LogP contribution in [-0.4, -0.2) is 31.0 Å². The van der Waals surface area contributed by atoms with Crippen molar-refractivity contribution in [3.05, 3.63) is 33.9 Å². The molecule has 18 heavy (non-hydrogen) atoms. The molecule has 98 valence electrons. The van der Waals surface area contributed by atoms with Crippen LogP contribution in [0.5, 0.6) is 5.75 Å². The topological polar surface area (TPSA) is 107 Å². The van der Waals surface area contributed by atoms with Crippen LogP contribution in [0.4, 0.5) is 5.69 Å². The lowest BCUT2D eigenvalue weighted by Crippen LogP contribution is -2.18. The van der Waals surface area contributed by atoms with Gasteiger partial charge in [0.25, 0.3) is 5.91 Å². The van der Waals surface area contributed by atoms with Crippen LogP contribution in [0.3, 0.4) is 0 Å². The highest BCUT2D eigenvalue weighted by Gasteiger charge is 2.18. The minimum atomic E-state index is -0.579. The summed E-state index contributed by atoms with van der Waals surface area (Å²) in [6, 6.07) is 4.08. The number of carbonyl (C=O) groups excluding carboxylic acids is 1. The fourth-order valence-corrected chi connectivity index (χ4v) is 1.33. The molecule has 1 aromatic carbocycles. The van der Waals surface area contributed by atoms with E-state index in [0.717, 1.165) is 0 Å². The maximum Gasteiger partial charge on any atom is 0.311 e. The van der Waals surface area contributed by atoms with Gasteiger partial charge >= 0.3 is 5.69 Å². The molecule has 0 aliphatic carbocycles. The van der Waals surface area contributed by atoms with Gasteiger partial charge in [-0.3, -0.25) is 14.9 Å². The largest absolute Gasteiger partial charge is 0.487 e. The van der Waals surface area contributed by atoms with Crippen LogP contribution in [0, 0.1) is 10.1 Å². The van der Waals surface area contributed by atoms with Gasteiger partial charge in [-0.15, -0.1) is 0 Å². The molecule has 0 atom stereocenters. The second kappa shape index (κ2) is 6.55. The Labute approximate surface area is 104 Å².